The maximum absolute atomic E-state index is 13.2. The van der Waals surface area contributed by atoms with Crippen molar-refractivity contribution in [1.82, 2.24) is 10.6 Å². The molecule has 0 spiro atoms. The van der Waals surface area contributed by atoms with E-state index in [0.29, 0.717) is 12.2 Å². The minimum atomic E-state index is -1.10. The summed E-state index contributed by atoms with van der Waals surface area (Å²) in [6, 6.07) is -2.17. The van der Waals surface area contributed by atoms with E-state index < -0.39 is 59.3 Å². The lowest BCUT2D eigenvalue weighted by Crippen LogP contribution is -2.55. The second-order valence-corrected chi connectivity index (χ2v) is 14.7. The van der Waals surface area contributed by atoms with E-state index in [1.807, 2.05) is 20.8 Å². The predicted octanol–water partition coefficient (Wildman–Crippen LogP) is 5.87. The number of hydrogen-bond donors (Lipinski definition) is 2. The highest BCUT2D eigenvalue weighted by Gasteiger charge is 2.30. The van der Waals surface area contributed by atoms with Crippen molar-refractivity contribution < 1.29 is 47.7 Å². The van der Waals surface area contributed by atoms with Gasteiger partial charge in [-0.3, -0.25) is 14.4 Å². The van der Waals surface area contributed by atoms with Crippen LogP contribution in [0.2, 0.25) is 0 Å². The van der Waals surface area contributed by atoms with Gasteiger partial charge in [-0.2, -0.15) is 11.8 Å². The van der Waals surface area contributed by atoms with E-state index in [1.54, 1.807) is 20.8 Å². The van der Waals surface area contributed by atoms with Crippen LogP contribution in [0.15, 0.2) is 0 Å². The normalized spacial score (nSPS) is 13.6. The Labute approximate surface area is 286 Å². The zero-order chi connectivity index (χ0) is 35.9. The number of carbonyl (C=O) groups excluding carboxylic acids is 5. The van der Waals surface area contributed by atoms with Gasteiger partial charge in [-0.25, -0.2) is 9.59 Å². The third-order valence-electron chi connectivity index (χ3n) is 6.62. The Kier molecular flexibility index (Phi) is 23.3. The molecule has 0 aliphatic rings. The lowest BCUT2D eigenvalue weighted by atomic mass is 10.0. The molecule has 274 valence electrons. The van der Waals surface area contributed by atoms with Gasteiger partial charge in [0.15, 0.2) is 6.04 Å². The Balaban J connectivity index is 4.94. The van der Waals surface area contributed by atoms with Crippen LogP contribution >= 0.6 is 11.8 Å². The molecule has 0 rings (SSSR count). The summed E-state index contributed by atoms with van der Waals surface area (Å²) < 4.78 is 26.5. The molecule has 0 bridgehead atoms. The lowest BCUT2D eigenvalue weighted by molar-refractivity contribution is -0.153. The largest absolute Gasteiger partial charge is 0.467 e. The highest BCUT2D eigenvalue weighted by molar-refractivity contribution is 7.99. The Bertz CT molecular complexity index is 933. The molecule has 0 aromatic heterocycles. The molecule has 12 nitrogen and oxygen atoms in total. The Morgan fingerprint density at radius 2 is 1.38 bits per heavy atom. The number of ether oxygens (including phenoxy) is 5. The standard InChI is InChI=1S/C34H62N2O10S/c1-10-11-12-13-14-15-16-17-18-19-26(45-25(2)37)22-29(38)43-20-21-47-24-28(36-32(41)46-34(6,7)8)30(39)35-27(31(40)42-9)23-44-33(3,4)5/h26-28H,10-24H2,1-9H3,(H,35,39)(H,36,41)/t26-,27-,28-/m0/s1. The number of rotatable bonds is 24. The second-order valence-electron chi connectivity index (χ2n) is 13.6. The highest BCUT2D eigenvalue weighted by Crippen LogP contribution is 2.16. The summed E-state index contributed by atoms with van der Waals surface area (Å²) in [5.74, 6) is -1.80. The number of methoxy groups -OCH3 is 1. The molecule has 2 amide bonds. The quantitative estimate of drug-likeness (QED) is 0.0710. The monoisotopic (exact) mass is 690 g/mol. The molecular weight excluding hydrogens is 628 g/mol. The van der Waals surface area contributed by atoms with Crippen LogP contribution in [-0.2, 0) is 42.9 Å². The Morgan fingerprint density at radius 1 is 0.787 bits per heavy atom. The molecule has 0 fully saturated rings. The maximum atomic E-state index is 13.2. The lowest BCUT2D eigenvalue weighted by Gasteiger charge is -2.26. The van der Waals surface area contributed by atoms with Crippen LogP contribution in [0.5, 0.6) is 0 Å². The number of unbranched alkanes of at least 4 members (excludes halogenated alkanes) is 8. The summed E-state index contributed by atoms with van der Waals surface area (Å²) in [4.78, 5) is 62.1. The first kappa shape index (κ1) is 44.5. The number of amides is 2. The summed E-state index contributed by atoms with van der Waals surface area (Å²) >= 11 is 1.27. The van der Waals surface area contributed by atoms with Crippen LogP contribution in [-0.4, -0.2) is 91.1 Å². The summed E-state index contributed by atoms with van der Waals surface area (Å²) in [5.41, 5.74) is -1.36. The van der Waals surface area contributed by atoms with Crippen LogP contribution in [0.4, 0.5) is 4.79 Å². The van der Waals surface area contributed by atoms with E-state index in [-0.39, 0.29) is 25.4 Å². The van der Waals surface area contributed by atoms with Gasteiger partial charge in [0.05, 0.1) is 25.7 Å². The number of nitrogens with one attached hydrogen (secondary N) is 2. The van der Waals surface area contributed by atoms with Gasteiger partial charge in [0.2, 0.25) is 5.91 Å². The molecule has 0 aliphatic heterocycles. The third-order valence-corrected chi connectivity index (χ3v) is 7.65. The molecule has 47 heavy (non-hydrogen) atoms. The fourth-order valence-corrected chi connectivity index (χ4v) is 5.17. The molecule has 0 aliphatic carbocycles. The van der Waals surface area contributed by atoms with Crippen LogP contribution < -0.4 is 10.6 Å². The molecule has 0 unspecified atom stereocenters. The van der Waals surface area contributed by atoms with E-state index in [1.165, 1.54) is 64.3 Å². The Morgan fingerprint density at radius 3 is 1.91 bits per heavy atom. The van der Waals surface area contributed by atoms with Crippen molar-refractivity contribution in [3.05, 3.63) is 0 Å². The minimum absolute atomic E-state index is 0.0297. The van der Waals surface area contributed by atoms with Crippen molar-refractivity contribution in [3.63, 3.8) is 0 Å². The van der Waals surface area contributed by atoms with Gasteiger partial charge >= 0.3 is 24.0 Å². The predicted molar refractivity (Wildman–Crippen MR) is 183 cm³/mol. The average Bonchev–Trinajstić information content (AvgIpc) is 2.95. The second kappa shape index (κ2) is 24.6. The van der Waals surface area contributed by atoms with Crippen molar-refractivity contribution in [2.24, 2.45) is 0 Å². The van der Waals surface area contributed by atoms with Crippen molar-refractivity contribution in [2.45, 2.75) is 155 Å². The molecule has 0 saturated carbocycles. The first-order chi connectivity index (χ1) is 22.0. The van der Waals surface area contributed by atoms with Crippen molar-refractivity contribution in [1.29, 1.82) is 0 Å². The van der Waals surface area contributed by atoms with Gasteiger partial charge in [0, 0.05) is 18.4 Å². The van der Waals surface area contributed by atoms with Gasteiger partial charge in [-0.15, -0.1) is 0 Å². The van der Waals surface area contributed by atoms with Crippen LogP contribution in [0, 0.1) is 0 Å². The van der Waals surface area contributed by atoms with Crippen LogP contribution in [0.1, 0.15) is 126 Å². The summed E-state index contributed by atoms with van der Waals surface area (Å²) in [5, 5.41) is 5.15. The summed E-state index contributed by atoms with van der Waals surface area (Å²) in [6.45, 7) is 14.0. The molecule has 0 aromatic carbocycles. The van der Waals surface area contributed by atoms with Crippen molar-refractivity contribution in [3.8, 4) is 0 Å². The molecule has 3 atom stereocenters. The van der Waals surface area contributed by atoms with Crippen LogP contribution in [0.3, 0.4) is 0 Å². The minimum Gasteiger partial charge on any atom is -0.467 e. The zero-order valence-electron chi connectivity index (χ0n) is 30.3. The van der Waals surface area contributed by atoms with E-state index in [0.717, 1.165) is 19.3 Å². The number of thioether (sulfide) groups is 1. The maximum Gasteiger partial charge on any atom is 0.408 e. The van der Waals surface area contributed by atoms with Gasteiger partial charge < -0.3 is 34.3 Å². The van der Waals surface area contributed by atoms with Gasteiger partial charge in [-0.1, -0.05) is 58.3 Å². The summed E-state index contributed by atoms with van der Waals surface area (Å²) in [6.07, 6.45) is 9.75. The fourth-order valence-electron chi connectivity index (χ4n) is 4.33. The third kappa shape index (κ3) is 26.1. The smallest absolute Gasteiger partial charge is 0.408 e. The topological polar surface area (TPSA) is 156 Å². The van der Waals surface area contributed by atoms with E-state index in [4.69, 9.17) is 23.7 Å². The van der Waals surface area contributed by atoms with Crippen molar-refractivity contribution >= 4 is 41.7 Å². The fraction of sp³-hybridized carbons (Fsp3) is 0.853. The first-order valence-electron chi connectivity index (χ1n) is 16.9. The van der Waals surface area contributed by atoms with E-state index >= 15 is 0 Å². The Hall–Kier alpha value is -2.54. The zero-order valence-corrected chi connectivity index (χ0v) is 31.1. The average molecular weight is 691 g/mol. The number of esters is 3. The van der Waals surface area contributed by atoms with Crippen LogP contribution in [0.25, 0.3) is 0 Å². The van der Waals surface area contributed by atoms with E-state index in [9.17, 15) is 24.0 Å². The SMILES string of the molecule is CCCCCCCCCCC[C@@H](CC(=O)OCCSC[C@H](NC(=O)OC(C)(C)C)C(=O)N[C@@H](COC(C)(C)C)C(=O)OC)OC(C)=O. The first-order valence-corrected chi connectivity index (χ1v) is 18.0. The molecule has 0 saturated heterocycles. The number of alkyl carbamates (subject to hydrolysis) is 1. The molecular formula is C34H62N2O10S. The highest BCUT2D eigenvalue weighted by atomic mass is 32.2. The van der Waals surface area contributed by atoms with Gasteiger partial charge in [0.1, 0.15) is 24.4 Å². The number of hydrogen-bond acceptors (Lipinski definition) is 11. The van der Waals surface area contributed by atoms with Crippen molar-refractivity contribution in [2.75, 3.05) is 31.8 Å². The van der Waals surface area contributed by atoms with E-state index in [2.05, 4.69) is 17.6 Å². The van der Waals surface area contributed by atoms with Gasteiger partial charge in [0.25, 0.3) is 0 Å². The summed E-state index contributed by atoms with van der Waals surface area (Å²) in [7, 11) is 1.21. The molecule has 0 radical (unpaired) electrons. The van der Waals surface area contributed by atoms with Gasteiger partial charge in [-0.05, 0) is 54.4 Å². The number of carbonyl (C=O) groups is 5. The molecule has 0 aromatic rings. The molecule has 0 heterocycles. The molecule has 2 N–H and O–H groups in total. The molecule has 13 heteroatoms.